The molecule has 3 N–H and O–H groups in total. The maximum absolute atomic E-state index is 14.4. The Morgan fingerprint density at radius 1 is 1.11 bits per heavy atom. The van der Waals surface area contributed by atoms with E-state index in [2.05, 4.69) is 4.98 Å². The molecule has 2 heterocycles. The van der Waals surface area contributed by atoms with Gasteiger partial charge in [-0.25, -0.2) is 4.39 Å². The Balaban J connectivity index is 1.56. The van der Waals surface area contributed by atoms with Crippen molar-refractivity contribution in [3.05, 3.63) is 65.5 Å². The average Bonchev–Trinajstić information content (AvgIpc) is 3.25. The van der Waals surface area contributed by atoms with Crippen LogP contribution < -0.4 is 10.5 Å². The molecule has 0 spiro atoms. The predicted octanol–water partition coefficient (Wildman–Crippen LogP) is 3.72. The van der Waals surface area contributed by atoms with E-state index in [1.54, 1.807) is 36.3 Å². The highest BCUT2D eigenvalue weighted by Gasteiger charge is 2.25. The molecule has 0 unspecified atom stereocenters. The van der Waals surface area contributed by atoms with Crippen molar-refractivity contribution in [2.45, 2.75) is 6.10 Å². The molecule has 3 aromatic carbocycles. The summed E-state index contributed by atoms with van der Waals surface area (Å²) in [6.07, 6.45) is -0.163. The molecule has 0 saturated carbocycles. The van der Waals surface area contributed by atoms with E-state index in [0.29, 0.717) is 54.0 Å². The summed E-state index contributed by atoms with van der Waals surface area (Å²) in [7, 11) is 3.00. The van der Waals surface area contributed by atoms with Crippen LogP contribution in [0, 0.1) is 5.82 Å². The Bertz CT molecular complexity index is 1480. The summed E-state index contributed by atoms with van der Waals surface area (Å²) in [6, 6.07) is 13.5. The number of halogens is 1. The highest BCUT2D eigenvalue weighted by Crippen LogP contribution is 2.34. The number of primary amides is 1. The summed E-state index contributed by atoms with van der Waals surface area (Å²) < 4.78 is 30.2. The maximum Gasteiger partial charge on any atom is 0.254 e. The van der Waals surface area contributed by atoms with Gasteiger partial charge in [0.25, 0.3) is 11.8 Å². The highest BCUT2D eigenvalue weighted by atomic mass is 19.1. The number of amides is 2. The number of ether oxygens (including phenoxy) is 3. The van der Waals surface area contributed by atoms with Crippen LogP contribution in [0.1, 0.15) is 20.7 Å². The molecule has 5 rings (SSSR count). The molecule has 0 aliphatic carbocycles. The van der Waals surface area contributed by atoms with Crippen LogP contribution in [0.4, 0.5) is 4.39 Å². The van der Waals surface area contributed by atoms with Gasteiger partial charge in [-0.2, -0.15) is 0 Å². The first-order valence-corrected chi connectivity index (χ1v) is 11.5. The largest absolute Gasteiger partial charge is 0.494 e. The Hall–Kier alpha value is -3.95. The number of nitrogens with one attached hydrogen (secondary N) is 1. The van der Waals surface area contributed by atoms with Gasteiger partial charge in [-0.1, -0.05) is 12.1 Å². The maximum atomic E-state index is 14.4. The lowest BCUT2D eigenvalue weighted by atomic mass is 9.98. The number of hydrogen-bond acceptors (Lipinski definition) is 5. The van der Waals surface area contributed by atoms with Crippen LogP contribution >= 0.6 is 0 Å². The second kappa shape index (κ2) is 9.60. The molecule has 8 nitrogen and oxygen atoms in total. The minimum absolute atomic E-state index is 0.107. The van der Waals surface area contributed by atoms with E-state index in [1.807, 2.05) is 12.1 Å². The van der Waals surface area contributed by atoms with Crippen molar-refractivity contribution in [3.8, 4) is 16.9 Å². The van der Waals surface area contributed by atoms with E-state index >= 15 is 0 Å². The fourth-order valence-corrected chi connectivity index (χ4v) is 4.72. The van der Waals surface area contributed by atoms with Crippen molar-refractivity contribution in [3.63, 3.8) is 0 Å². The number of aromatic nitrogens is 1. The van der Waals surface area contributed by atoms with E-state index in [4.69, 9.17) is 19.9 Å². The normalized spacial score (nSPS) is 16.0. The second-order valence-electron chi connectivity index (χ2n) is 8.74. The first-order chi connectivity index (χ1) is 17.4. The summed E-state index contributed by atoms with van der Waals surface area (Å²) in [6.45, 7) is 1.81. The standard InChI is InChI=1S/C27H26FN3O5/c1-34-14-18-13-31(7-8-36-18)27(33)16-3-5-19-20-9-17(15-4-6-24(35-2)22(28)11-15)10-21(26(29)32)25(20)30-23(19)12-16/h3-6,9-12,18,30H,7-8,13-14H2,1-2H3,(H2,29,32)/t18-/m0/s1. The predicted molar refractivity (Wildman–Crippen MR) is 134 cm³/mol. The monoisotopic (exact) mass is 491 g/mol. The Morgan fingerprint density at radius 2 is 1.94 bits per heavy atom. The van der Waals surface area contributed by atoms with Crippen molar-refractivity contribution >= 4 is 33.6 Å². The molecular formula is C27H26FN3O5. The van der Waals surface area contributed by atoms with Crippen LogP contribution in [-0.4, -0.2) is 68.3 Å². The number of rotatable bonds is 6. The van der Waals surface area contributed by atoms with E-state index in [9.17, 15) is 14.0 Å². The lowest BCUT2D eigenvalue weighted by Gasteiger charge is -2.32. The smallest absolute Gasteiger partial charge is 0.254 e. The van der Waals surface area contributed by atoms with Crippen molar-refractivity contribution in [2.24, 2.45) is 5.73 Å². The van der Waals surface area contributed by atoms with Gasteiger partial charge in [0, 0.05) is 42.1 Å². The minimum atomic E-state index is -0.615. The highest BCUT2D eigenvalue weighted by molar-refractivity contribution is 6.17. The number of carbonyl (C=O) groups excluding carboxylic acids is 2. The molecule has 186 valence electrons. The van der Waals surface area contributed by atoms with Gasteiger partial charge in [-0.3, -0.25) is 9.59 Å². The van der Waals surface area contributed by atoms with Gasteiger partial charge in [0.2, 0.25) is 0 Å². The van der Waals surface area contributed by atoms with Crippen molar-refractivity contribution < 1.29 is 28.2 Å². The van der Waals surface area contributed by atoms with E-state index < -0.39 is 11.7 Å². The number of morpholine rings is 1. The first kappa shape index (κ1) is 23.8. The lowest BCUT2D eigenvalue weighted by molar-refractivity contribution is -0.0531. The molecule has 9 heteroatoms. The summed E-state index contributed by atoms with van der Waals surface area (Å²) in [4.78, 5) is 30.5. The van der Waals surface area contributed by atoms with Crippen molar-refractivity contribution in [1.82, 2.24) is 9.88 Å². The number of fused-ring (bicyclic) bond motifs is 3. The van der Waals surface area contributed by atoms with Gasteiger partial charge in [0.15, 0.2) is 11.6 Å². The molecule has 0 radical (unpaired) electrons. The molecule has 1 fully saturated rings. The Labute approximate surface area is 206 Å². The zero-order valence-electron chi connectivity index (χ0n) is 20.0. The van der Waals surface area contributed by atoms with E-state index in [-0.39, 0.29) is 23.3 Å². The number of hydrogen-bond donors (Lipinski definition) is 2. The summed E-state index contributed by atoms with van der Waals surface area (Å²) in [5, 5.41) is 1.57. The molecule has 0 bridgehead atoms. The average molecular weight is 492 g/mol. The number of methoxy groups -OCH3 is 2. The van der Waals surface area contributed by atoms with E-state index in [0.717, 1.165) is 10.8 Å². The molecule has 1 atom stereocenters. The molecule has 1 aliphatic rings. The first-order valence-electron chi connectivity index (χ1n) is 11.5. The molecule has 4 aromatic rings. The molecule has 1 aromatic heterocycles. The SMILES string of the molecule is COC[C@@H]1CN(C(=O)c2ccc3c(c2)[nH]c2c(C(N)=O)cc(-c4ccc(OC)c(F)c4)cc23)CCO1. The third-order valence-corrected chi connectivity index (χ3v) is 6.48. The molecule has 36 heavy (non-hydrogen) atoms. The molecular weight excluding hydrogens is 465 g/mol. The fraction of sp³-hybridized carbons (Fsp3) is 0.259. The zero-order chi connectivity index (χ0) is 25.4. The minimum Gasteiger partial charge on any atom is -0.494 e. The van der Waals surface area contributed by atoms with Gasteiger partial charge < -0.3 is 29.8 Å². The topological polar surface area (TPSA) is 107 Å². The number of carbonyl (C=O) groups is 2. The number of nitrogens with two attached hydrogens (primary N) is 1. The van der Waals surface area contributed by atoms with Gasteiger partial charge >= 0.3 is 0 Å². The quantitative estimate of drug-likeness (QED) is 0.428. The number of benzene rings is 3. The molecule has 1 aliphatic heterocycles. The van der Waals surface area contributed by atoms with Gasteiger partial charge in [0.1, 0.15) is 0 Å². The van der Waals surface area contributed by atoms with Crippen LogP contribution in [0.3, 0.4) is 0 Å². The molecule has 2 amide bonds. The van der Waals surface area contributed by atoms with Crippen LogP contribution in [0.15, 0.2) is 48.5 Å². The fourth-order valence-electron chi connectivity index (χ4n) is 4.72. The van der Waals surface area contributed by atoms with Gasteiger partial charge in [-0.15, -0.1) is 0 Å². The Morgan fingerprint density at radius 3 is 2.67 bits per heavy atom. The molecule has 1 saturated heterocycles. The van der Waals surface area contributed by atoms with Crippen LogP contribution in [0.5, 0.6) is 5.75 Å². The third-order valence-electron chi connectivity index (χ3n) is 6.48. The van der Waals surface area contributed by atoms with E-state index in [1.165, 1.54) is 19.2 Å². The summed E-state index contributed by atoms with van der Waals surface area (Å²) in [5.74, 6) is -1.10. The third kappa shape index (κ3) is 4.27. The second-order valence-corrected chi connectivity index (χ2v) is 8.74. The van der Waals surface area contributed by atoms with Gasteiger partial charge in [-0.05, 0) is 47.5 Å². The van der Waals surface area contributed by atoms with Crippen molar-refractivity contribution in [2.75, 3.05) is 40.5 Å². The summed E-state index contributed by atoms with van der Waals surface area (Å²) >= 11 is 0. The lowest BCUT2D eigenvalue weighted by Crippen LogP contribution is -2.47. The van der Waals surface area contributed by atoms with Crippen LogP contribution in [0.25, 0.3) is 32.9 Å². The van der Waals surface area contributed by atoms with Gasteiger partial charge in [0.05, 0.1) is 37.5 Å². The number of nitrogens with zero attached hydrogens (tertiary/aromatic N) is 1. The number of aromatic amines is 1. The van der Waals surface area contributed by atoms with Crippen LogP contribution in [-0.2, 0) is 9.47 Å². The summed E-state index contributed by atoms with van der Waals surface area (Å²) in [5.41, 5.74) is 8.97. The zero-order valence-corrected chi connectivity index (χ0v) is 20.0. The number of H-pyrrole nitrogens is 1. The Kier molecular flexibility index (Phi) is 6.34. The van der Waals surface area contributed by atoms with Crippen molar-refractivity contribution in [1.29, 1.82) is 0 Å². The van der Waals surface area contributed by atoms with Crippen LogP contribution in [0.2, 0.25) is 0 Å².